The van der Waals surface area contributed by atoms with Gasteiger partial charge in [-0.1, -0.05) is 43.3 Å². The normalized spacial score (nSPS) is 17.3. The lowest BCUT2D eigenvalue weighted by molar-refractivity contribution is -0.116. The van der Waals surface area contributed by atoms with Crippen molar-refractivity contribution in [3.63, 3.8) is 0 Å². The second-order valence-electron chi connectivity index (χ2n) is 10.7. The van der Waals surface area contributed by atoms with Crippen LogP contribution in [0.25, 0.3) is 10.8 Å². The fourth-order valence-electron chi connectivity index (χ4n) is 5.02. The number of amides is 4. The minimum absolute atomic E-state index is 0.102. The molecule has 4 aromatic rings. The predicted molar refractivity (Wildman–Crippen MR) is 160 cm³/mol. The van der Waals surface area contributed by atoms with Gasteiger partial charge in [0.25, 0.3) is 5.91 Å². The molecule has 13 nitrogen and oxygen atoms in total. The van der Waals surface area contributed by atoms with Crippen molar-refractivity contribution in [3.8, 4) is 5.75 Å². The van der Waals surface area contributed by atoms with Crippen molar-refractivity contribution in [1.82, 2.24) is 30.0 Å². The molecule has 0 unspecified atom stereocenters. The molecule has 1 aliphatic rings. The Hall–Kier alpha value is -5.04. The fraction of sp³-hybridized carbons (Fsp3) is 0.333. The van der Waals surface area contributed by atoms with Gasteiger partial charge in [-0.2, -0.15) is 0 Å². The molecule has 0 spiro atoms. The molecule has 3 aromatic carbocycles. The van der Waals surface area contributed by atoms with Gasteiger partial charge in [0.15, 0.2) is 0 Å². The van der Waals surface area contributed by atoms with Crippen molar-refractivity contribution in [2.75, 3.05) is 37.4 Å². The van der Waals surface area contributed by atoms with Gasteiger partial charge in [-0.25, -0.2) is 9.48 Å². The number of ether oxygens (including phenoxy) is 1. The van der Waals surface area contributed by atoms with Crippen LogP contribution in [0.3, 0.4) is 0 Å². The van der Waals surface area contributed by atoms with Crippen LogP contribution in [0.15, 0.2) is 67.0 Å². The molecule has 0 saturated heterocycles. The quantitative estimate of drug-likeness (QED) is 0.285. The molecule has 43 heavy (non-hydrogen) atoms. The zero-order valence-electron chi connectivity index (χ0n) is 24.2. The van der Waals surface area contributed by atoms with Gasteiger partial charge >= 0.3 is 6.03 Å². The number of hydrogen-bond donors (Lipinski definition) is 3. The second kappa shape index (κ2) is 12.9. The molecule has 1 aliphatic heterocycles. The Morgan fingerprint density at radius 3 is 2.70 bits per heavy atom. The van der Waals surface area contributed by atoms with Gasteiger partial charge in [0.1, 0.15) is 24.7 Å². The zero-order valence-corrected chi connectivity index (χ0v) is 24.2. The highest BCUT2D eigenvalue weighted by molar-refractivity contribution is 6.02. The van der Waals surface area contributed by atoms with E-state index in [4.69, 9.17) is 4.74 Å². The Labute approximate surface area is 248 Å². The molecule has 2 heterocycles. The van der Waals surface area contributed by atoms with Crippen LogP contribution in [-0.2, 0) is 11.3 Å². The van der Waals surface area contributed by atoms with Crippen LogP contribution in [0, 0.1) is 5.92 Å². The summed E-state index contributed by atoms with van der Waals surface area (Å²) in [6.07, 6.45) is 0.843. The van der Waals surface area contributed by atoms with Gasteiger partial charge in [0, 0.05) is 30.6 Å². The number of fused-ring (bicyclic) bond motifs is 2. The third kappa shape index (κ3) is 6.72. The number of rotatable bonds is 8. The van der Waals surface area contributed by atoms with Gasteiger partial charge < -0.3 is 30.3 Å². The van der Waals surface area contributed by atoms with Crippen LogP contribution in [0.2, 0.25) is 0 Å². The molecule has 0 fully saturated rings. The summed E-state index contributed by atoms with van der Waals surface area (Å²) in [5, 5.41) is 28.4. The van der Waals surface area contributed by atoms with E-state index in [1.54, 1.807) is 42.0 Å². The average molecular weight is 587 g/mol. The first-order valence-electron chi connectivity index (χ1n) is 14.0. The number of benzene rings is 3. The number of urea groups is 1. The first kappa shape index (κ1) is 29.5. The monoisotopic (exact) mass is 586 g/mol. The highest BCUT2D eigenvalue weighted by Crippen LogP contribution is 2.31. The SMILES string of the molecule is C[C@H]1CN([C@@H](C)CO)C(=O)c2cc(NC(=O)Cn3cnnn3)ccc2O[C@H]1CN(C)C(=O)Nc1cccc2ccccc12. The lowest BCUT2D eigenvalue weighted by atomic mass is 9.99. The van der Waals surface area contributed by atoms with Crippen molar-refractivity contribution in [2.45, 2.75) is 32.5 Å². The van der Waals surface area contributed by atoms with Gasteiger partial charge in [-0.15, -0.1) is 5.10 Å². The summed E-state index contributed by atoms with van der Waals surface area (Å²) in [6.45, 7) is 3.91. The smallest absolute Gasteiger partial charge is 0.321 e. The fourth-order valence-corrected chi connectivity index (χ4v) is 5.02. The zero-order chi connectivity index (χ0) is 30.5. The van der Waals surface area contributed by atoms with Crippen LogP contribution in [0.5, 0.6) is 5.75 Å². The van der Waals surface area contributed by atoms with E-state index in [9.17, 15) is 19.5 Å². The molecule has 1 aromatic heterocycles. The molecule has 3 atom stereocenters. The van der Waals surface area contributed by atoms with E-state index < -0.39 is 12.1 Å². The number of tetrazole rings is 1. The summed E-state index contributed by atoms with van der Waals surface area (Å²) >= 11 is 0. The molecule has 13 heteroatoms. The Morgan fingerprint density at radius 2 is 1.93 bits per heavy atom. The number of aromatic nitrogens is 4. The van der Waals surface area contributed by atoms with E-state index in [0.29, 0.717) is 23.7 Å². The second-order valence-corrected chi connectivity index (χ2v) is 10.7. The Balaban J connectivity index is 1.36. The van der Waals surface area contributed by atoms with Crippen LogP contribution in [-0.4, -0.2) is 91.8 Å². The molecule has 0 aliphatic carbocycles. The molecule has 0 radical (unpaired) electrons. The summed E-state index contributed by atoms with van der Waals surface area (Å²) in [4.78, 5) is 42.6. The number of carbonyl (C=O) groups is 3. The van der Waals surface area contributed by atoms with Crippen molar-refractivity contribution in [1.29, 1.82) is 0 Å². The lowest BCUT2D eigenvalue weighted by Gasteiger charge is -2.38. The number of likely N-dealkylation sites (N-methyl/N-ethyl adjacent to an activating group) is 1. The van der Waals surface area contributed by atoms with Gasteiger partial charge in [0.2, 0.25) is 5.91 Å². The van der Waals surface area contributed by atoms with E-state index >= 15 is 0 Å². The first-order chi connectivity index (χ1) is 20.7. The topological polar surface area (TPSA) is 155 Å². The van der Waals surface area contributed by atoms with E-state index in [-0.39, 0.29) is 49.0 Å². The van der Waals surface area contributed by atoms with Crippen molar-refractivity contribution >= 4 is 40.0 Å². The van der Waals surface area contributed by atoms with Crippen molar-refractivity contribution in [2.24, 2.45) is 5.92 Å². The van der Waals surface area contributed by atoms with E-state index in [0.717, 1.165) is 10.8 Å². The average Bonchev–Trinajstić information content (AvgIpc) is 3.51. The number of nitrogens with one attached hydrogen (secondary N) is 2. The number of hydrogen-bond acceptors (Lipinski definition) is 8. The lowest BCUT2D eigenvalue weighted by Crippen LogP contribution is -2.50. The summed E-state index contributed by atoms with van der Waals surface area (Å²) < 4.78 is 7.67. The first-order valence-corrected chi connectivity index (χ1v) is 14.0. The van der Waals surface area contributed by atoms with Gasteiger partial charge in [0.05, 0.1) is 30.4 Å². The number of nitrogens with zero attached hydrogens (tertiary/aromatic N) is 6. The maximum absolute atomic E-state index is 13.7. The molecule has 0 saturated carbocycles. The highest BCUT2D eigenvalue weighted by Gasteiger charge is 2.34. The Kier molecular flexibility index (Phi) is 8.81. The molecular weight excluding hydrogens is 552 g/mol. The minimum Gasteiger partial charge on any atom is -0.487 e. The molecular formula is C30H34N8O5. The maximum atomic E-state index is 13.7. The third-order valence-electron chi connectivity index (χ3n) is 7.48. The Morgan fingerprint density at radius 1 is 1.14 bits per heavy atom. The van der Waals surface area contributed by atoms with Crippen LogP contribution >= 0.6 is 0 Å². The van der Waals surface area contributed by atoms with Crippen LogP contribution in [0.1, 0.15) is 24.2 Å². The maximum Gasteiger partial charge on any atom is 0.321 e. The van der Waals surface area contributed by atoms with E-state index in [1.807, 2.05) is 49.4 Å². The summed E-state index contributed by atoms with van der Waals surface area (Å²) in [5.74, 6) is -0.578. The number of aliphatic hydroxyl groups is 1. The molecule has 4 amide bonds. The molecule has 5 rings (SSSR count). The van der Waals surface area contributed by atoms with E-state index in [2.05, 4.69) is 26.2 Å². The predicted octanol–water partition coefficient (Wildman–Crippen LogP) is 2.85. The molecule has 3 N–H and O–H groups in total. The van der Waals surface area contributed by atoms with Gasteiger partial charge in [-0.3, -0.25) is 9.59 Å². The highest BCUT2D eigenvalue weighted by atomic mass is 16.5. The van der Waals surface area contributed by atoms with Crippen molar-refractivity contribution in [3.05, 3.63) is 72.6 Å². The standard InChI is InChI=1S/C30H34N8O5/c1-19-14-38(20(2)17-39)29(41)24-13-22(32-28(40)16-37-18-31-34-35-37)11-12-26(24)43-27(19)15-36(3)30(42)33-25-10-6-8-21-7-4-5-9-23(21)25/h4-13,18-20,27,39H,14-17H2,1-3H3,(H,32,40)(H,33,42)/t19-,20-,27-/m0/s1. The summed E-state index contributed by atoms with van der Waals surface area (Å²) in [5.41, 5.74) is 1.33. The molecule has 224 valence electrons. The number of anilines is 2. The Bertz CT molecular complexity index is 1610. The van der Waals surface area contributed by atoms with Crippen molar-refractivity contribution < 1.29 is 24.2 Å². The summed E-state index contributed by atoms with van der Waals surface area (Å²) in [7, 11) is 1.69. The van der Waals surface area contributed by atoms with Crippen LogP contribution < -0.4 is 15.4 Å². The number of aliphatic hydroxyl groups excluding tert-OH is 1. The van der Waals surface area contributed by atoms with Crippen LogP contribution in [0.4, 0.5) is 16.2 Å². The van der Waals surface area contributed by atoms with E-state index in [1.165, 1.54) is 11.0 Å². The molecule has 0 bridgehead atoms. The third-order valence-corrected chi connectivity index (χ3v) is 7.48. The largest absolute Gasteiger partial charge is 0.487 e. The van der Waals surface area contributed by atoms with Gasteiger partial charge in [-0.05, 0) is 47.0 Å². The summed E-state index contributed by atoms with van der Waals surface area (Å²) in [6, 6.07) is 17.6. The minimum atomic E-state index is -0.483. The number of carbonyl (C=O) groups excluding carboxylic acids is 3.